The van der Waals surface area contributed by atoms with Crippen LogP contribution >= 0.6 is 35.2 Å². The minimum absolute atomic E-state index is 0.0246. The summed E-state index contributed by atoms with van der Waals surface area (Å²) in [6.45, 7) is 0.928. The maximum absolute atomic E-state index is 12.4. The fourth-order valence-corrected chi connectivity index (χ4v) is 6.92. The lowest BCUT2D eigenvalue weighted by molar-refractivity contribution is -0.495. The van der Waals surface area contributed by atoms with Gasteiger partial charge in [0.15, 0.2) is 17.7 Å². The number of nitrogens with zero attached hydrogens (tertiary/aromatic N) is 4. The van der Waals surface area contributed by atoms with Crippen molar-refractivity contribution in [1.29, 1.82) is 0 Å². The second kappa shape index (κ2) is 21.6. The van der Waals surface area contributed by atoms with E-state index in [2.05, 4.69) is 63.6 Å². The van der Waals surface area contributed by atoms with Crippen molar-refractivity contribution in [3.05, 3.63) is 48.5 Å². The molecule has 1 fully saturated rings. The zero-order chi connectivity index (χ0) is 44.3. The van der Waals surface area contributed by atoms with E-state index in [0.717, 1.165) is 29.0 Å². The third kappa shape index (κ3) is 14.9. The van der Waals surface area contributed by atoms with Crippen molar-refractivity contribution in [2.45, 2.75) is 50.9 Å². The molecule has 0 radical (unpaired) electrons. The minimum Gasteiger partial charge on any atom is -0.386 e. The number of aliphatic hydroxyl groups is 2. The zero-order valence-electron chi connectivity index (χ0n) is 31.1. The molecule has 4 rings (SSSR count). The van der Waals surface area contributed by atoms with Crippen molar-refractivity contribution in [3.8, 4) is 0 Å². The number of carbonyl (C=O) groups excluding carboxylic acids is 3. The van der Waals surface area contributed by atoms with Crippen LogP contribution in [0.1, 0.15) is 36.9 Å². The minimum atomic E-state index is -5.47. The number of anilines is 1. The van der Waals surface area contributed by atoms with Gasteiger partial charge in [-0.25, -0.2) is 33.5 Å². The first kappa shape index (κ1) is 49.3. The smallest absolute Gasteiger partial charge is 0.386 e. The first-order chi connectivity index (χ1) is 28.1. The highest BCUT2D eigenvalue weighted by Crippen LogP contribution is 2.50. The average molecular weight is 936 g/mol. The molecule has 10 N–H and O–H groups in total. The Morgan fingerprint density at radius 1 is 0.983 bits per heavy atom. The maximum atomic E-state index is 12.4. The number of rotatable bonds is 24. The van der Waals surface area contributed by atoms with Crippen LogP contribution in [0, 0.1) is 5.41 Å². The summed E-state index contributed by atoms with van der Waals surface area (Å²) in [5.41, 5.74) is 4.94. The van der Waals surface area contributed by atoms with E-state index in [-0.39, 0.29) is 41.6 Å². The number of nitrogens with two attached hydrogens (primary N) is 1. The SMILES string of the molecule is CC(C)(COOOP(=O)(O)OOOP(=O)(O)OC[C@H]1O[C@@H](n2cnc3c(N)ncnc32)[C@H](O)C1OP(=O)(O)O)[C@@H](O)C(=O)NCCC(=O)NCCSC(=O)c1ccccc1. The highest BCUT2D eigenvalue weighted by molar-refractivity contribution is 8.14. The number of aromatic nitrogens is 4. The molecule has 7 atom stereocenters. The van der Waals surface area contributed by atoms with Crippen molar-refractivity contribution < 1.29 is 101 Å². The molecule has 0 spiro atoms. The number of nitrogens with one attached hydrogen (secondary N) is 2. The predicted octanol–water partition coefficient (Wildman–Crippen LogP) is -0.295. The predicted molar refractivity (Wildman–Crippen MR) is 197 cm³/mol. The molecule has 1 aliphatic rings. The summed E-state index contributed by atoms with van der Waals surface area (Å²) in [5, 5.41) is 34.0. The first-order valence-electron chi connectivity index (χ1n) is 16.9. The van der Waals surface area contributed by atoms with Crippen molar-refractivity contribution in [2.75, 3.05) is 37.8 Å². The molecule has 2 aromatic heterocycles. The summed E-state index contributed by atoms with van der Waals surface area (Å²) in [7, 11) is -16.2. The molecule has 0 bridgehead atoms. The molecule has 1 saturated heterocycles. The zero-order valence-corrected chi connectivity index (χ0v) is 34.6. The van der Waals surface area contributed by atoms with Crippen LogP contribution in [0.4, 0.5) is 5.82 Å². The first-order valence-corrected chi connectivity index (χ1v) is 22.4. The van der Waals surface area contributed by atoms with E-state index < -0.39 is 84.6 Å². The summed E-state index contributed by atoms with van der Waals surface area (Å²) >= 11 is 1.03. The van der Waals surface area contributed by atoms with Gasteiger partial charge < -0.3 is 46.0 Å². The van der Waals surface area contributed by atoms with Gasteiger partial charge in [-0.2, -0.15) is 0 Å². The molecule has 60 heavy (non-hydrogen) atoms. The number of nitrogen functional groups attached to an aromatic ring is 1. The van der Waals surface area contributed by atoms with Gasteiger partial charge in [-0.3, -0.25) is 32.9 Å². The number of hydrogen-bond acceptors (Lipinski definition) is 22. The molecule has 1 aromatic carbocycles. The van der Waals surface area contributed by atoms with E-state index in [1.807, 2.05) is 0 Å². The van der Waals surface area contributed by atoms with Crippen molar-refractivity contribution >= 4 is 69.1 Å². The van der Waals surface area contributed by atoms with Gasteiger partial charge in [0.05, 0.1) is 19.5 Å². The number of fused-ring (bicyclic) bond motifs is 1. The van der Waals surface area contributed by atoms with Crippen molar-refractivity contribution in [1.82, 2.24) is 30.2 Å². The van der Waals surface area contributed by atoms with E-state index >= 15 is 0 Å². The van der Waals surface area contributed by atoms with E-state index in [9.17, 15) is 57.9 Å². The fourth-order valence-electron chi connectivity index (χ4n) is 4.87. The van der Waals surface area contributed by atoms with Gasteiger partial charge in [0, 0.05) is 36.2 Å². The fraction of sp³-hybridized carbons (Fsp3) is 0.500. The molecular formula is C28H40N7O21P3S. The van der Waals surface area contributed by atoms with Crippen LogP contribution < -0.4 is 16.4 Å². The Balaban J connectivity index is 1.13. The van der Waals surface area contributed by atoms with Crippen molar-refractivity contribution in [3.63, 3.8) is 0 Å². The summed E-state index contributed by atoms with van der Waals surface area (Å²) in [5.74, 6) is -1.07. The second-order valence-electron chi connectivity index (χ2n) is 12.8. The number of benzene rings is 1. The van der Waals surface area contributed by atoms with Gasteiger partial charge in [0.2, 0.25) is 16.9 Å². The van der Waals surface area contributed by atoms with E-state index in [4.69, 9.17) is 10.5 Å². The van der Waals surface area contributed by atoms with Crippen LogP contribution in [0.15, 0.2) is 43.0 Å². The van der Waals surface area contributed by atoms with Gasteiger partial charge in [0.1, 0.15) is 36.3 Å². The molecule has 32 heteroatoms. The summed E-state index contributed by atoms with van der Waals surface area (Å²) in [6.07, 6.45) is -6.77. The summed E-state index contributed by atoms with van der Waals surface area (Å²) in [6, 6.07) is 8.59. The molecular weight excluding hydrogens is 895 g/mol. The molecule has 334 valence electrons. The van der Waals surface area contributed by atoms with E-state index in [1.54, 1.807) is 30.3 Å². The highest BCUT2D eigenvalue weighted by Gasteiger charge is 2.50. The number of phosphoric acid groups is 3. The Morgan fingerprint density at radius 3 is 2.37 bits per heavy atom. The standard InChI is InChI=1S/C28H40N7O21P3S/c1-28(2,22(38)25(39)31-9-8-18(36)30-10-11-60-27(40)16-6-4-3-5-7-16)13-48-52-54-59(46,47)56-53-55-58(44,45)49-12-17-21(51-57(41,42)43)20(37)26(50-17)35-15-34-19-23(29)32-14-33-24(19)35/h3-7,14-15,17,20-22,26,37-38H,8-13H2,1-2H3,(H,30,36)(H,31,39)(H,44,45)(H,46,47)(H2,29,32,33)(H2,41,42,43)/t17-,20-,21?,22+,26-/m1/s1. The molecule has 3 aromatic rings. The number of phosphoric ester groups is 2. The molecule has 2 amide bonds. The Labute approximate surface area is 342 Å². The lowest BCUT2D eigenvalue weighted by atomic mass is 9.87. The largest absolute Gasteiger partial charge is 0.531 e. The van der Waals surface area contributed by atoms with Crippen LogP contribution in [0.5, 0.6) is 0 Å². The van der Waals surface area contributed by atoms with Gasteiger partial charge in [-0.1, -0.05) is 75.0 Å². The molecule has 3 heterocycles. The van der Waals surface area contributed by atoms with Gasteiger partial charge in [0.25, 0.3) is 0 Å². The number of hydrogen-bond donors (Lipinski definition) is 9. The van der Waals surface area contributed by atoms with Crippen LogP contribution in [-0.2, 0) is 66.1 Å². The molecule has 0 saturated carbocycles. The van der Waals surface area contributed by atoms with Crippen LogP contribution in [0.25, 0.3) is 11.2 Å². The van der Waals surface area contributed by atoms with Crippen LogP contribution in [0.2, 0.25) is 0 Å². The van der Waals surface area contributed by atoms with Crippen LogP contribution in [-0.4, -0.2) is 123 Å². The second-order valence-corrected chi connectivity index (χ2v) is 17.7. The van der Waals surface area contributed by atoms with Crippen LogP contribution in [0.3, 0.4) is 0 Å². The topological polar surface area (TPSA) is 401 Å². The monoisotopic (exact) mass is 935 g/mol. The summed E-state index contributed by atoms with van der Waals surface area (Å²) < 4.78 is 63.7. The molecule has 3 unspecified atom stereocenters. The lowest BCUT2D eigenvalue weighted by Gasteiger charge is -2.28. The number of aliphatic hydroxyl groups excluding tert-OH is 2. The Hall–Kier alpha value is -3.38. The normalized spacial score (nSPS) is 20.9. The number of ether oxygens (including phenoxy) is 1. The van der Waals surface area contributed by atoms with Gasteiger partial charge in [-0.15, -0.1) is 0 Å². The van der Waals surface area contributed by atoms with Gasteiger partial charge in [-0.05, 0) is 5.04 Å². The molecule has 0 aliphatic carbocycles. The third-order valence-electron chi connectivity index (χ3n) is 7.79. The Bertz CT molecular complexity index is 2080. The Kier molecular flexibility index (Phi) is 17.8. The third-order valence-corrected chi connectivity index (χ3v) is 10.4. The number of amides is 2. The number of thioether (sulfide) groups is 1. The lowest BCUT2D eigenvalue weighted by Crippen LogP contribution is -2.46. The maximum Gasteiger partial charge on any atom is 0.531 e. The molecule has 28 nitrogen and oxygen atoms in total. The molecule has 1 aliphatic heterocycles. The quantitative estimate of drug-likeness (QED) is 0.0241. The Morgan fingerprint density at radius 2 is 1.67 bits per heavy atom. The number of carbonyl (C=O) groups is 3. The average Bonchev–Trinajstić information content (AvgIpc) is 3.74. The van der Waals surface area contributed by atoms with E-state index in [1.165, 1.54) is 13.8 Å². The highest BCUT2D eigenvalue weighted by atomic mass is 32.2. The van der Waals surface area contributed by atoms with Crippen molar-refractivity contribution in [2.24, 2.45) is 5.41 Å². The van der Waals surface area contributed by atoms with Gasteiger partial charge >= 0.3 is 23.5 Å². The summed E-state index contributed by atoms with van der Waals surface area (Å²) in [4.78, 5) is 91.2. The van der Waals surface area contributed by atoms with E-state index in [0.29, 0.717) is 11.3 Å². The number of imidazole rings is 1.